The highest BCUT2D eigenvalue weighted by atomic mass is 16.1. The van der Waals surface area contributed by atoms with Crippen LogP contribution in [0.15, 0.2) is 41.3 Å². The van der Waals surface area contributed by atoms with Gasteiger partial charge in [0, 0.05) is 28.8 Å². The van der Waals surface area contributed by atoms with Crippen molar-refractivity contribution < 1.29 is 0 Å². The maximum Gasteiger partial charge on any atom is 0.276 e. The third-order valence-electron chi connectivity index (χ3n) is 6.74. The minimum absolute atomic E-state index is 0.0413. The maximum atomic E-state index is 13.0. The number of benzene rings is 1. The van der Waals surface area contributed by atoms with E-state index in [1.165, 1.54) is 37.8 Å². The number of pyridine rings is 1. The van der Waals surface area contributed by atoms with Crippen LogP contribution in [0.3, 0.4) is 0 Å². The summed E-state index contributed by atoms with van der Waals surface area (Å²) in [6, 6.07) is 10.4. The second kappa shape index (κ2) is 4.47. The number of fused-ring (bicyclic) bond motifs is 3. The van der Waals surface area contributed by atoms with Gasteiger partial charge in [-0.05, 0) is 61.3 Å². The Morgan fingerprint density at radius 2 is 1.67 bits per heavy atom. The Morgan fingerprint density at radius 1 is 0.917 bits per heavy atom. The van der Waals surface area contributed by atoms with Crippen LogP contribution >= 0.6 is 0 Å². The van der Waals surface area contributed by atoms with Crippen LogP contribution in [0.1, 0.15) is 55.2 Å². The van der Waals surface area contributed by atoms with E-state index < -0.39 is 0 Å². The summed E-state index contributed by atoms with van der Waals surface area (Å²) in [6.45, 7) is 0. The van der Waals surface area contributed by atoms with Crippen LogP contribution in [0, 0.1) is 11.8 Å². The molecule has 0 amide bonds. The molecule has 3 heteroatoms. The molecular formula is C21H20N2O. The number of aromatic nitrogens is 2. The van der Waals surface area contributed by atoms with E-state index in [1.807, 2.05) is 12.1 Å². The normalized spacial score (nSPS) is 30.7. The van der Waals surface area contributed by atoms with Crippen molar-refractivity contribution >= 4 is 16.4 Å². The van der Waals surface area contributed by atoms with Crippen LogP contribution in [0.4, 0.5) is 0 Å². The van der Waals surface area contributed by atoms with Crippen LogP contribution in [-0.2, 0) is 0 Å². The molecule has 4 aliphatic rings. The van der Waals surface area contributed by atoms with Crippen molar-refractivity contribution in [1.82, 2.24) is 9.38 Å². The number of rotatable bonds is 0. The first-order valence-corrected chi connectivity index (χ1v) is 9.22. The molecule has 2 saturated carbocycles. The lowest BCUT2D eigenvalue weighted by Gasteiger charge is -2.38. The van der Waals surface area contributed by atoms with E-state index in [-0.39, 0.29) is 5.56 Å². The first kappa shape index (κ1) is 13.2. The van der Waals surface area contributed by atoms with Gasteiger partial charge < -0.3 is 4.40 Å². The van der Waals surface area contributed by atoms with Gasteiger partial charge in [0.05, 0.1) is 0 Å². The molecule has 0 saturated heterocycles. The van der Waals surface area contributed by atoms with E-state index in [4.69, 9.17) is 0 Å². The molecule has 0 N–H and O–H groups in total. The first-order chi connectivity index (χ1) is 11.8. The molecule has 7 rings (SSSR count). The predicted molar refractivity (Wildman–Crippen MR) is 94.5 cm³/mol. The lowest BCUT2D eigenvalue weighted by Crippen LogP contribution is -2.26. The molecule has 3 aromatic rings. The van der Waals surface area contributed by atoms with Gasteiger partial charge in [0.2, 0.25) is 0 Å². The lowest BCUT2D eigenvalue weighted by atomic mass is 9.67. The van der Waals surface area contributed by atoms with Crippen LogP contribution in [-0.4, -0.2) is 9.38 Å². The largest absolute Gasteiger partial charge is 0.304 e. The average molecular weight is 316 g/mol. The quantitative estimate of drug-likeness (QED) is 0.581. The Morgan fingerprint density at radius 3 is 2.50 bits per heavy atom. The Labute approximate surface area is 140 Å². The molecule has 2 fully saturated rings. The molecule has 4 bridgehead atoms. The summed E-state index contributed by atoms with van der Waals surface area (Å²) in [6.07, 6.45) is 8.47. The molecule has 2 unspecified atom stereocenters. The molecule has 2 atom stereocenters. The van der Waals surface area contributed by atoms with Crippen molar-refractivity contribution in [3.8, 4) is 0 Å². The zero-order valence-corrected chi connectivity index (χ0v) is 13.6. The van der Waals surface area contributed by atoms with Gasteiger partial charge in [0.1, 0.15) is 5.65 Å². The third-order valence-corrected chi connectivity index (χ3v) is 6.74. The Kier molecular flexibility index (Phi) is 2.45. The van der Waals surface area contributed by atoms with Gasteiger partial charge in [-0.1, -0.05) is 24.3 Å². The van der Waals surface area contributed by atoms with Crippen molar-refractivity contribution in [2.75, 3.05) is 0 Å². The monoisotopic (exact) mass is 316 g/mol. The van der Waals surface area contributed by atoms with Crippen LogP contribution in [0.2, 0.25) is 0 Å². The SMILES string of the molecule is O=c1nc2c3ccccc3ccn2c2c1C1CC3CC(C1)CC2C3. The fraction of sp³-hybridized carbons (Fsp3) is 0.429. The average Bonchev–Trinajstić information content (AvgIpc) is 2.77. The summed E-state index contributed by atoms with van der Waals surface area (Å²) in [4.78, 5) is 17.6. The summed E-state index contributed by atoms with van der Waals surface area (Å²) in [5, 5.41) is 2.24. The molecule has 2 aromatic heterocycles. The topological polar surface area (TPSA) is 34.4 Å². The molecule has 3 nitrogen and oxygen atoms in total. The zero-order valence-electron chi connectivity index (χ0n) is 13.6. The molecule has 0 spiro atoms. The van der Waals surface area contributed by atoms with Gasteiger partial charge in [0.25, 0.3) is 5.56 Å². The third kappa shape index (κ3) is 1.62. The van der Waals surface area contributed by atoms with E-state index in [9.17, 15) is 4.79 Å². The van der Waals surface area contributed by atoms with E-state index in [2.05, 4.69) is 33.8 Å². The minimum Gasteiger partial charge on any atom is -0.304 e. The summed E-state index contributed by atoms with van der Waals surface area (Å²) >= 11 is 0. The Balaban J connectivity index is 1.76. The van der Waals surface area contributed by atoms with E-state index in [0.29, 0.717) is 11.8 Å². The van der Waals surface area contributed by atoms with Crippen LogP contribution in [0.5, 0.6) is 0 Å². The van der Waals surface area contributed by atoms with Gasteiger partial charge in [-0.3, -0.25) is 4.79 Å². The van der Waals surface area contributed by atoms with Gasteiger partial charge in [-0.2, -0.15) is 4.98 Å². The summed E-state index contributed by atoms with van der Waals surface area (Å²) in [7, 11) is 0. The van der Waals surface area contributed by atoms with E-state index >= 15 is 0 Å². The molecule has 4 aliphatic carbocycles. The molecule has 24 heavy (non-hydrogen) atoms. The Hall–Kier alpha value is -2.16. The van der Waals surface area contributed by atoms with Gasteiger partial charge in [-0.25, -0.2) is 0 Å². The fourth-order valence-electron chi connectivity index (χ4n) is 6.02. The summed E-state index contributed by atoms with van der Waals surface area (Å²) < 4.78 is 2.26. The van der Waals surface area contributed by atoms with Crippen LogP contribution < -0.4 is 5.56 Å². The molecule has 0 aliphatic heterocycles. The zero-order chi connectivity index (χ0) is 15.8. The highest BCUT2D eigenvalue weighted by Crippen LogP contribution is 2.55. The van der Waals surface area contributed by atoms with Gasteiger partial charge in [0.15, 0.2) is 0 Å². The van der Waals surface area contributed by atoms with Crippen molar-refractivity contribution in [2.24, 2.45) is 11.8 Å². The van der Waals surface area contributed by atoms with Crippen molar-refractivity contribution in [3.63, 3.8) is 0 Å². The fourth-order valence-corrected chi connectivity index (χ4v) is 6.02. The minimum atomic E-state index is 0.0413. The molecule has 1 aromatic carbocycles. The number of nitrogens with zero attached hydrogens (tertiary/aromatic N) is 2. The second-order valence-electron chi connectivity index (χ2n) is 8.12. The van der Waals surface area contributed by atoms with Crippen LogP contribution in [0.25, 0.3) is 16.4 Å². The number of hydrogen-bond acceptors (Lipinski definition) is 2. The molecule has 0 radical (unpaired) electrons. The van der Waals surface area contributed by atoms with Gasteiger partial charge >= 0.3 is 0 Å². The molecular weight excluding hydrogens is 296 g/mol. The second-order valence-corrected chi connectivity index (χ2v) is 8.12. The summed E-state index contributed by atoms with van der Waals surface area (Å²) in [5.74, 6) is 2.62. The maximum absolute atomic E-state index is 13.0. The highest BCUT2D eigenvalue weighted by Gasteiger charge is 2.44. The lowest BCUT2D eigenvalue weighted by molar-refractivity contribution is 0.164. The molecule has 2 heterocycles. The Bertz CT molecular complexity index is 1040. The highest BCUT2D eigenvalue weighted by molar-refractivity contribution is 5.93. The first-order valence-electron chi connectivity index (χ1n) is 9.22. The smallest absolute Gasteiger partial charge is 0.276 e. The number of hydrogen-bond donors (Lipinski definition) is 0. The van der Waals surface area contributed by atoms with Crippen molar-refractivity contribution in [3.05, 3.63) is 58.1 Å². The standard InChI is InChI=1S/C21H20N2O/c24-21-18-15-8-12-7-13(9-15)11-16(10-12)19(18)23-6-5-14-3-1-2-4-17(14)20(23)22-21/h1-6,12-13,15-16H,7-11H2. The van der Waals surface area contributed by atoms with Crippen molar-refractivity contribution in [2.45, 2.75) is 43.9 Å². The summed E-state index contributed by atoms with van der Waals surface area (Å²) in [5.41, 5.74) is 3.24. The molecule has 120 valence electrons. The van der Waals surface area contributed by atoms with Crippen molar-refractivity contribution in [1.29, 1.82) is 0 Å². The van der Waals surface area contributed by atoms with E-state index in [0.717, 1.165) is 33.8 Å². The predicted octanol–water partition coefficient (Wildman–Crippen LogP) is 4.24. The van der Waals surface area contributed by atoms with Gasteiger partial charge in [-0.15, -0.1) is 0 Å². The van der Waals surface area contributed by atoms with E-state index in [1.54, 1.807) is 0 Å².